The topological polar surface area (TPSA) is 54.0 Å². The predicted molar refractivity (Wildman–Crippen MR) is 79.7 cm³/mol. The Morgan fingerprint density at radius 1 is 1.32 bits per heavy atom. The summed E-state index contributed by atoms with van der Waals surface area (Å²) in [5.41, 5.74) is 0.991. The molecule has 1 fully saturated rings. The molecule has 1 aromatic heterocycles. The third-order valence-corrected chi connectivity index (χ3v) is 5.10. The minimum Gasteiger partial charge on any atom is -0.314 e. The molecule has 1 saturated carbocycles. The maximum absolute atomic E-state index is 12.2. The quantitative estimate of drug-likeness (QED) is 0.892. The number of hydrogen-bond donors (Lipinski definition) is 2. The molecule has 5 heteroatoms. The summed E-state index contributed by atoms with van der Waals surface area (Å²) in [4.78, 5) is 17.7. The van der Waals surface area contributed by atoms with Crippen molar-refractivity contribution in [3.8, 4) is 0 Å². The van der Waals surface area contributed by atoms with Crippen LogP contribution in [0.5, 0.6) is 0 Å². The summed E-state index contributed by atoms with van der Waals surface area (Å²) in [6.45, 7) is 4.00. The fourth-order valence-electron chi connectivity index (χ4n) is 2.74. The van der Waals surface area contributed by atoms with Crippen molar-refractivity contribution in [2.24, 2.45) is 0 Å². The van der Waals surface area contributed by atoms with Crippen molar-refractivity contribution in [3.05, 3.63) is 10.6 Å². The summed E-state index contributed by atoms with van der Waals surface area (Å²) < 4.78 is 0. The van der Waals surface area contributed by atoms with Crippen molar-refractivity contribution in [2.75, 3.05) is 12.4 Å². The number of anilines is 1. The van der Waals surface area contributed by atoms with Crippen LogP contribution in [0.2, 0.25) is 0 Å². The smallest absolute Gasteiger partial charge is 0.228 e. The van der Waals surface area contributed by atoms with Crippen molar-refractivity contribution in [2.45, 2.75) is 57.9 Å². The molecule has 0 atom stereocenters. The summed E-state index contributed by atoms with van der Waals surface area (Å²) in [5.74, 6) is 0.0741. The summed E-state index contributed by atoms with van der Waals surface area (Å²) in [6, 6.07) is 0. The molecule has 0 aliphatic heterocycles. The fraction of sp³-hybridized carbons (Fsp3) is 0.714. The van der Waals surface area contributed by atoms with E-state index in [-0.39, 0.29) is 11.4 Å². The van der Waals surface area contributed by atoms with Gasteiger partial charge in [0.15, 0.2) is 5.13 Å². The maximum Gasteiger partial charge on any atom is 0.228 e. The fourth-order valence-corrected chi connectivity index (χ4v) is 3.57. The Morgan fingerprint density at radius 3 is 2.53 bits per heavy atom. The van der Waals surface area contributed by atoms with Gasteiger partial charge < -0.3 is 10.6 Å². The Kier molecular flexibility index (Phi) is 4.58. The van der Waals surface area contributed by atoms with Crippen molar-refractivity contribution in [3.63, 3.8) is 0 Å². The first-order valence-corrected chi connectivity index (χ1v) is 7.79. The standard InChI is InChI=1S/C14H23N3OS/c1-10-11(2)19-13(16-10)17-12(18)9-14(15-3)7-5-4-6-8-14/h15H,4-9H2,1-3H3,(H,16,17,18). The number of carbonyl (C=O) groups is 1. The summed E-state index contributed by atoms with van der Waals surface area (Å²) in [6.07, 6.45) is 6.43. The molecule has 0 saturated heterocycles. The molecule has 19 heavy (non-hydrogen) atoms. The Labute approximate surface area is 119 Å². The van der Waals surface area contributed by atoms with Crippen LogP contribution >= 0.6 is 11.3 Å². The second kappa shape index (κ2) is 6.01. The van der Waals surface area contributed by atoms with Gasteiger partial charge in [-0.05, 0) is 33.7 Å². The van der Waals surface area contributed by atoms with E-state index in [1.807, 2.05) is 20.9 Å². The van der Waals surface area contributed by atoms with Crippen LogP contribution in [0.25, 0.3) is 0 Å². The molecule has 1 aliphatic carbocycles. The molecule has 1 aromatic rings. The first-order valence-electron chi connectivity index (χ1n) is 6.97. The van der Waals surface area contributed by atoms with E-state index in [4.69, 9.17) is 0 Å². The van der Waals surface area contributed by atoms with Crippen LogP contribution in [0.3, 0.4) is 0 Å². The number of hydrogen-bond acceptors (Lipinski definition) is 4. The molecule has 1 amide bonds. The zero-order valence-electron chi connectivity index (χ0n) is 12.0. The molecule has 0 unspecified atom stereocenters. The average molecular weight is 281 g/mol. The molecular formula is C14H23N3OS. The summed E-state index contributed by atoms with van der Waals surface area (Å²) in [5, 5.41) is 7.04. The van der Waals surface area contributed by atoms with E-state index >= 15 is 0 Å². The lowest BCUT2D eigenvalue weighted by molar-refractivity contribution is -0.117. The van der Waals surface area contributed by atoms with Gasteiger partial charge >= 0.3 is 0 Å². The molecule has 0 bridgehead atoms. The van der Waals surface area contributed by atoms with Gasteiger partial charge in [0.2, 0.25) is 5.91 Å². The summed E-state index contributed by atoms with van der Waals surface area (Å²) >= 11 is 1.55. The molecule has 0 spiro atoms. The highest BCUT2D eigenvalue weighted by Crippen LogP contribution is 2.31. The van der Waals surface area contributed by atoms with E-state index in [2.05, 4.69) is 15.6 Å². The SMILES string of the molecule is CNC1(CC(=O)Nc2nc(C)c(C)s2)CCCCC1. The van der Waals surface area contributed by atoms with E-state index < -0.39 is 0 Å². The normalized spacial score (nSPS) is 18.3. The molecule has 4 nitrogen and oxygen atoms in total. The van der Waals surface area contributed by atoms with Crippen molar-refractivity contribution < 1.29 is 4.79 Å². The Balaban J connectivity index is 1.96. The van der Waals surface area contributed by atoms with Crippen molar-refractivity contribution in [1.29, 1.82) is 0 Å². The highest BCUT2D eigenvalue weighted by molar-refractivity contribution is 7.15. The second-order valence-corrected chi connectivity index (χ2v) is 6.68. The van der Waals surface area contributed by atoms with E-state index in [9.17, 15) is 4.79 Å². The van der Waals surface area contributed by atoms with E-state index in [0.29, 0.717) is 6.42 Å². The third kappa shape index (κ3) is 3.54. The Hall–Kier alpha value is -0.940. The zero-order chi connectivity index (χ0) is 13.9. The number of rotatable bonds is 4. The lowest BCUT2D eigenvalue weighted by atomic mass is 9.79. The number of aromatic nitrogens is 1. The first-order chi connectivity index (χ1) is 9.04. The monoisotopic (exact) mass is 281 g/mol. The van der Waals surface area contributed by atoms with Crippen LogP contribution in [-0.2, 0) is 4.79 Å². The van der Waals surface area contributed by atoms with Crippen LogP contribution in [-0.4, -0.2) is 23.5 Å². The van der Waals surface area contributed by atoms with E-state index in [1.165, 1.54) is 19.3 Å². The number of amides is 1. The first kappa shape index (κ1) is 14.5. The molecule has 2 rings (SSSR count). The van der Waals surface area contributed by atoms with Crippen molar-refractivity contribution in [1.82, 2.24) is 10.3 Å². The van der Waals surface area contributed by atoms with Crippen LogP contribution in [0.1, 0.15) is 49.1 Å². The molecule has 2 N–H and O–H groups in total. The van der Waals surface area contributed by atoms with Gasteiger partial charge in [0.25, 0.3) is 0 Å². The molecular weight excluding hydrogens is 258 g/mol. The largest absolute Gasteiger partial charge is 0.314 e. The lowest BCUT2D eigenvalue weighted by Gasteiger charge is -2.36. The van der Waals surface area contributed by atoms with Gasteiger partial charge in [0.05, 0.1) is 5.69 Å². The second-order valence-electron chi connectivity index (χ2n) is 5.48. The van der Waals surface area contributed by atoms with Crippen LogP contribution in [0.4, 0.5) is 5.13 Å². The Bertz CT molecular complexity index is 430. The number of nitrogens with one attached hydrogen (secondary N) is 2. The predicted octanol–water partition coefficient (Wildman–Crippen LogP) is 3.01. The minimum atomic E-state index is -0.0102. The van der Waals surface area contributed by atoms with Gasteiger partial charge in [-0.3, -0.25) is 4.79 Å². The van der Waals surface area contributed by atoms with E-state index in [0.717, 1.165) is 28.5 Å². The molecule has 0 radical (unpaired) electrons. The highest BCUT2D eigenvalue weighted by atomic mass is 32.1. The van der Waals surface area contributed by atoms with Gasteiger partial charge in [0.1, 0.15) is 0 Å². The number of carbonyl (C=O) groups excluding carboxylic acids is 1. The van der Waals surface area contributed by atoms with Gasteiger partial charge in [-0.2, -0.15) is 0 Å². The van der Waals surface area contributed by atoms with Crippen LogP contribution in [0.15, 0.2) is 0 Å². The van der Waals surface area contributed by atoms with Gasteiger partial charge in [-0.1, -0.05) is 19.3 Å². The summed E-state index contributed by atoms with van der Waals surface area (Å²) in [7, 11) is 1.97. The number of thiazole rings is 1. The number of nitrogens with zero attached hydrogens (tertiary/aromatic N) is 1. The molecule has 106 valence electrons. The molecule has 1 aliphatic rings. The Morgan fingerprint density at radius 2 is 2.00 bits per heavy atom. The highest BCUT2D eigenvalue weighted by Gasteiger charge is 2.32. The average Bonchev–Trinajstić information content (AvgIpc) is 2.69. The van der Waals surface area contributed by atoms with E-state index in [1.54, 1.807) is 11.3 Å². The van der Waals surface area contributed by atoms with Crippen molar-refractivity contribution >= 4 is 22.4 Å². The zero-order valence-corrected chi connectivity index (χ0v) is 12.8. The van der Waals surface area contributed by atoms with Gasteiger partial charge in [0, 0.05) is 16.8 Å². The molecule has 1 heterocycles. The van der Waals surface area contributed by atoms with Gasteiger partial charge in [-0.15, -0.1) is 11.3 Å². The minimum absolute atomic E-state index is 0.0102. The van der Waals surface area contributed by atoms with Crippen LogP contribution < -0.4 is 10.6 Å². The molecule has 0 aromatic carbocycles. The lowest BCUT2D eigenvalue weighted by Crippen LogP contribution is -2.47. The number of aryl methyl sites for hydroxylation is 2. The van der Waals surface area contributed by atoms with Crippen LogP contribution in [0, 0.1) is 13.8 Å². The maximum atomic E-state index is 12.2. The third-order valence-electron chi connectivity index (χ3n) is 4.11. The van der Waals surface area contributed by atoms with Gasteiger partial charge in [-0.25, -0.2) is 4.98 Å².